The Bertz CT molecular complexity index is 225. The molecule has 138 valence electrons. The van der Waals surface area contributed by atoms with Gasteiger partial charge in [-0.25, -0.2) is 0 Å². The predicted octanol–water partition coefficient (Wildman–Crippen LogP) is 1.64. The molecule has 0 N–H and O–H groups in total. The van der Waals surface area contributed by atoms with E-state index in [1.807, 2.05) is 41.5 Å². The highest BCUT2D eigenvalue weighted by atomic mass is 28.5. The van der Waals surface area contributed by atoms with E-state index in [-0.39, 0.29) is 0 Å². The first-order valence-electron chi connectivity index (χ1n) is 8.02. The van der Waals surface area contributed by atoms with Gasteiger partial charge in [-0.05, 0) is 41.5 Å². The molecule has 0 saturated carbocycles. The van der Waals surface area contributed by atoms with Crippen molar-refractivity contribution in [3.05, 3.63) is 0 Å². The standard InChI is InChI=1S/C12H30O8Si3/c1-7-13-22(14-8-2,15-9-3)19-21-20-23(16-10-4,17-11-5)18-12-6/h7-12H2,1-6H3. The summed E-state index contributed by atoms with van der Waals surface area (Å²) < 4.78 is 45.0. The predicted molar refractivity (Wildman–Crippen MR) is 89.2 cm³/mol. The summed E-state index contributed by atoms with van der Waals surface area (Å²) in [5.41, 5.74) is 0. The minimum Gasteiger partial charge on any atom is -0.369 e. The van der Waals surface area contributed by atoms with Crippen molar-refractivity contribution in [2.24, 2.45) is 0 Å². The quantitative estimate of drug-likeness (QED) is 0.371. The molecular weight excluding hydrogens is 356 g/mol. The Kier molecular flexibility index (Phi) is 13.8. The van der Waals surface area contributed by atoms with Gasteiger partial charge in [-0.15, -0.1) is 0 Å². The van der Waals surface area contributed by atoms with Crippen LogP contribution in [0.15, 0.2) is 0 Å². The number of hydrogen-bond acceptors (Lipinski definition) is 8. The molecule has 0 atom stereocenters. The molecule has 0 aromatic heterocycles. The minimum atomic E-state index is -3.22. The molecule has 0 amide bonds. The van der Waals surface area contributed by atoms with E-state index in [0.717, 1.165) is 0 Å². The molecule has 0 unspecified atom stereocenters. The van der Waals surface area contributed by atoms with E-state index in [2.05, 4.69) is 0 Å². The molecule has 8 nitrogen and oxygen atoms in total. The molecule has 0 rings (SSSR count). The lowest BCUT2D eigenvalue weighted by atomic mass is 10.9. The Morgan fingerprint density at radius 1 is 0.478 bits per heavy atom. The second-order valence-corrected chi connectivity index (χ2v) is 9.42. The van der Waals surface area contributed by atoms with Gasteiger partial charge in [0.1, 0.15) is 0 Å². The van der Waals surface area contributed by atoms with E-state index in [1.165, 1.54) is 0 Å². The van der Waals surface area contributed by atoms with E-state index < -0.39 is 28.1 Å². The molecule has 0 aliphatic carbocycles. The molecule has 0 aliphatic heterocycles. The fourth-order valence-electron chi connectivity index (χ4n) is 1.61. The number of hydrogen-bond donors (Lipinski definition) is 0. The lowest BCUT2D eigenvalue weighted by Gasteiger charge is -2.29. The summed E-state index contributed by atoms with van der Waals surface area (Å²) in [6, 6.07) is 0. The summed E-state index contributed by atoms with van der Waals surface area (Å²) in [6.07, 6.45) is 0. The Morgan fingerprint density at radius 2 is 0.696 bits per heavy atom. The van der Waals surface area contributed by atoms with E-state index in [1.54, 1.807) is 0 Å². The molecule has 0 aliphatic rings. The molecular formula is C12H30O8Si3. The van der Waals surface area contributed by atoms with Gasteiger partial charge >= 0.3 is 28.1 Å². The lowest BCUT2D eigenvalue weighted by Crippen LogP contribution is -2.54. The lowest BCUT2D eigenvalue weighted by molar-refractivity contribution is -0.0104. The summed E-state index contributed by atoms with van der Waals surface area (Å²) in [7, 11) is -6.88. The molecule has 0 saturated heterocycles. The van der Waals surface area contributed by atoms with Crippen molar-refractivity contribution in [2.45, 2.75) is 41.5 Å². The van der Waals surface area contributed by atoms with Crippen molar-refractivity contribution in [1.82, 2.24) is 0 Å². The smallest absolute Gasteiger partial charge is 0.369 e. The number of rotatable bonds is 16. The summed E-state index contributed by atoms with van der Waals surface area (Å²) in [6.45, 7) is 13.6. The van der Waals surface area contributed by atoms with Gasteiger partial charge < -0.3 is 34.8 Å². The van der Waals surface area contributed by atoms with Crippen LogP contribution in [0.4, 0.5) is 0 Å². The van der Waals surface area contributed by atoms with Crippen LogP contribution < -0.4 is 0 Å². The molecule has 23 heavy (non-hydrogen) atoms. The summed E-state index contributed by atoms with van der Waals surface area (Å²) in [5, 5.41) is 0. The first-order chi connectivity index (χ1) is 11.1. The van der Waals surface area contributed by atoms with E-state index in [9.17, 15) is 0 Å². The molecule has 0 fully saturated rings. The van der Waals surface area contributed by atoms with Crippen LogP contribution >= 0.6 is 0 Å². The molecule has 0 heterocycles. The van der Waals surface area contributed by atoms with Crippen LogP contribution in [-0.4, -0.2) is 67.7 Å². The van der Waals surface area contributed by atoms with Gasteiger partial charge in [0.15, 0.2) is 0 Å². The highest BCUT2D eigenvalue weighted by molar-refractivity contribution is 6.64. The van der Waals surface area contributed by atoms with Crippen molar-refractivity contribution in [3.63, 3.8) is 0 Å². The van der Waals surface area contributed by atoms with Crippen molar-refractivity contribution >= 4 is 28.1 Å². The average Bonchev–Trinajstić information content (AvgIpc) is 2.49. The van der Waals surface area contributed by atoms with Crippen molar-refractivity contribution in [2.75, 3.05) is 39.6 Å². The maximum absolute atomic E-state index is 5.72. The minimum absolute atomic E-state index is 0.418. The van der Waals surface area contributed by atoms with Gasteiger partial charge in [0.05, 0.1) is 0 Å². The normalized spacial score (nSPS) is 12.8. The third kappa shape index (κ3) is 8.83. The molecule has 11 heteroatoms. The van der Waals surface area contributed by atoms with Crippen molar-refractivity contribution < 1.29 is 34.8 Å². The van der Waals surface area contributed by atoms with Crippen LogP contribution in [0.3, 0.4) is 0 Å². The van der Waals surface area contributed by atoms with Gasteiger partial charge in [-0.1, -0.05) is 0 Å². The van der Waals surface area contributed by atoms with Crippen LogP contribution in [-0.2, 0) is 34.8 Å². The second kappa shape index (κ2) is 13.6. The Morgan fingerprint density at radius 3 is 0.870 bits per heavy atom. The third-order valence-electron chi connectivity index (χ3n) is 2.26. The summed E-state index contributed by atoms with van der Waals surface area (Å²) in [5.74, 6) is 0. The maximum Gasteiger partial charge on any atom is 0.670 e. The van der Waals surface area contributed by atoms with Crippen molar-refractivity contribution in [3.8, 4) is 0 Å². The summed E-state index contributed by atoms with van der Waals surface area (Å²) >= 11 is 0. The fourth-order valence-corrected chi connectivity index (χ4v) is 7.00. The molecule has 0 bridgehead atoms. The Labute approximate surface area is 144 Å². The maximum atomic E-state index is 5.72. The third-order valence-corrected chi connectivity index (χ3v) is 8.78. The Balaban J connectivity index is 4.82. The molecule has 0 spiro atoms. The van der Waals surface area contributed by atoms with E-state index in [0.29, 0.717) is 39.6 Å². The highest BCUT2D eigenvalue weighted by Crippen LogP contribution is 2.15. The average molecular weight is 387 g/mol. The highest BCUT2D eigenvalue weighted by Gasteiger charge is 2.49. The van der Waals surface area contributed by atoms with Gasteiger partial charge in [-0.3, -0.25) is 0 Å². The topological polar surface area (TPSA) is 73.8 Å². The van der Waals surface area contributed by atoms with Gasteiger partial charge in [0.25, 0.3) is 0 Å². The Hall–Kier alpha value is 0.331. The van der Waals surface area contributed by atoms with E-state index in [4.69, 9.17) is 34.8 Å². The van der Waals surface area contributed by atoms with Crippen LogP contribution in [0.5, 0.6) is 0 Å². The van der Waals surface area contributed by atoms with Gasteiger partial charge in [0, 0.05) is 39.6 Å². The second-order valence-electron chi connectivity index (χ2n) is 3.89. The first kappa shape index (κ1) is 23.3. The van der Waals surface area contributed by atoms with Gasteiger partial charge in [0.2, 0.25) is 0 Å². The van der Waals surface area contributed by atoms with Crippen LogP contribution in [0, 0.1) is 0 Å². The summed E-state index contributed by atoms with van der Waals surface area (Å²) in [4.78, 5) is 0. The molecule has 2 radical (unpaired) electrons. The van der Waals surface area contributed by atoms with Crippen LogP contribution in [0.25, 0.3) is 0 Å². The fraction of sp³-hybridized carbons (Fsp3) is 1.00. The van der Waals surface area contributed by atoms with Crippen LogP contribution in [0.2, 0.25) is 0 Å². The van der Waals surface area contributed by atoms with Gasteiger partial charge in [-0.2, -0.15) is 0 Å². The molecule has 0 aromatic rings. The SMILES string of the molecule is CCO[Si](OCC)(OCC)O[Si]O[Si](OCC)(OCC)OCC. The zero-order chi connectivity index (χ0) is 17.6. The largest absolute Gasteiger partial charge is 0.670 e. The van der Waals surface area contributed by atoms with Crippen molar-refractivity contribution in [1.29, 1.82) is 0 Å². The monoisotopic (exact) mass is 386 g/mol. The zero-order valence-corrected chi connectivity index (χ0v) is 18.0. The zero-order valence-electron chi connectivity index (χ0n) is 15.0. The van der Waals surface area contributed by atoms with E-state index >= 15 is 0 Å². The first-order valence-corrected chi connectivity index (χ1v) is 12.1. The molecule has 0 aromatic carbocycles. The van der Waals surface area contributed by atoms with Crippen LogP contribution in [0.1, 0.15) is 41.5 Å².